The van der Waals surface area contributed by atoms with Crippen LogP contribution in [0.2, 0.25) is 0 Å². The van der Waals surface area contributed by atoms with Crippen molar-refractivity contribution in [2.45, 2.75) is 6.54 Å². The molecular weight excluding hydrogens is 410 g/mol. The molecule has 5 aromatic rings. The van der Waals surface area contributed by atoms with Crippen molar-refractivity contribution in [1.29, 1.82) is 0 Å². The van der Waals surface area contributed by atoms with E-state index in [0.717, 1.165) is 39.6 Å². The molecule has 158 valence electrons. The number of amides is 1. The van der Waals surface area contributed by atoms with Gasteiger partial charge >= 0.3 is 0 Å². The summed E-state index contributed by atoms with van der Waals surface area (Å²) >= 11 is 0. The number of pyridine rings is 1. The fraction of sp³-hybridized carbons (Fsp3) is 0.0370. The fourth-order valence-electron chi connectivity index (χ4n) is 4.32. The Labute approximate surface area is 189 Å². The first-order valence-corrected chi connectivity index (χ1v) is 10.7. The summed E-state index contributed by atoms with van der Waals surface area (Å²) in [7, 11) is 0. The monoisotopic (exact) mass is 429 g/mol. The molecule has 6 heteroatoms. The summed E-state index contributed by atoms with van der Waals surface area (Å²) < 4.78 is 2.29. The Bertz CT molecular complexity index is 1580. The lowest BCUT2D eigenvalue weighted by Gasteiger charge is -2.07. The van der Waals surface area contributed by atoms with Gasteiger partial charge in [0.2, 0.25) is 0 Å². The predicted octanol–water partition coefficient (Wildman–Crippen LogP) is 5.01. The molecule has 0 saturated carbocycles. The first-order valence-electron chi connectivity index (χ1n) is 10.7. The van der Waals surface area contributed by atoms with Crippen LogP contribution in [0, 0.1) is 0 Å². The van der Waals surface area contributed by atoms with E-state index in [2.05, 4.69) is 67.5 Å². The Morgan fingerprint density at radius 2 is 1.67 bits per heavy atom. The summed E-state index contributed by atoms with van der Waals surface area (Å²) in [6, 6.07) is 28.2. The number of nitrogens with zero attached hydrogens (tertiary/aromatic N) is 4. The molecular formula is C27H19N5O. The number of para-hydroxylation sites is 2. The topological polar surface area (TPSA) is 71.6 Å². The number of carbonyl (C=O) groups is 1. The van der Waals surface area contributed by atoms with E-state index in [1.54, 1.807) is 6.21 Å². The zero-order valence-electron chi connectivity index (χ0n) is 17.6. The predicted molar refractivity (Wildman–Crippen MR) is 132 cm³/mol. The minimum absolute atomic E-state index is 0.249. The van der Waals surface area contributed by atoms with Crippen LogP contribution in [0.25, 0.3) is 21.8 Å². The van der Waals surface area contributed by atoms with Gasteiger partial charge in [0.05, 0.1) is 29.3 Å². The highest BCUT2D eigenvalue weighted by atomic mass is 16.2. The van der Waals surface area contributed by atoms with Crippen LogP contribution in [-0.2, 0) is 11.3 Å². The van der Waals surface area contributed by atoms with Gasteiger partial charge in [-0.2, -0.15) is 5.10 Å². The molecule has 6 rings (SSSR count). The number of carbonyl (C=O) groups excluding carboxylic acids is 1. The van der Waals surface area contributed by atoms with Crippen LogP contribution >= 0.6 is 0 Å². The number of nitrogens with one attached hydrogen (secondary N) is 1. The molecule has 1 N–H and O–H groups in total. The standard InChI is InChI=1S/C27H19N5O/c33-27-26(21-11-4-6-12-23(21)30-27)31-29-15-19-14-22-20-10-5-7-13-24(20)32(25(22)16-28-19)17-18-8-2-1-3-9-18/h1-16H,17H2,(H,30,31,33). The molecule has 1 aliphatic heterocycles. The van der Waals surface area contributed by atoms with E-state index < -0.39 is 0 Å². The average molecular weight is 429 g/mol. The number of hydrogen-bond acceptors (Lipinski definition) is 4. The maximum absolute atomic E-state index is 12.2. The Balaban J connectivity index is 1.38. The van der Waals surface area contributed by atoms with E-state index in [0.29, 0.717) is 11.4 Å². The number of rotatable bonds is 4. The highest BCUT2D eigenvalue weighted by molar-refractivity contribution is 6.53. The molecule has 0 aliphatic carbocycles. The van der Waals surface area contributed by atoms with Gasteiger partial charge in [-0.25, -0.2) is 0 Å². The molecule has 6 nitrogen and oxygen atoms in total. The first kappa shape index (κ1) is 19.1. The summed E-state index contributed by atoms with van der Waals surface area (Å²) in [6.07, 6.45) is 3.47. The molecule has 3 aromatic carbocycles. The van der Waals surface area contributed by atoms with Crippen molar-refractivity contribution in [2.75, 3.05) is 5.32 Å². The van der Waals surface area contributed by atoms with Crippen LogP contribution in [0.3, 0.4) is 0 Å². The van der Waals surface area contributed by atoms with Crippen LogP contribution in [0.15, 0.2) is 101 Å². The zero-order chi connectivity index (χ0) is 22.2. The summed E-state index contributed by atoms with van der Waals surface area (Å²) in [5, 5.41) is 13.4. The molecule has 0 fully saturated rings. The van der Waals surface area contributed by atoms with Crippen molar-refractivity contribution < 1.29 is 4.79 Å². The van der Waals surface area contributed by atoms with Gasteiger partial charge in [-0.05, 0) is 23.8 Å². The van der Waals surface area contributed by atoms with E-state index >= 15 is 0 Å². The third-order valence-electron chi connectivity index (χ3n) is 5.86. The van der Waals surface area contributed by atoms with Crippen LogP contribution in [0.4, 0.5) is 5.69 Å². The molecule has 1 aliphatic rings. The van der Waals surface area contributed by atoms with Crippen molar-refractivity contribution >= 4 is 45.3 Å². The average Bonchev–Trinajstić information content (AvgIpc) is 3.34. The summed E-state index contributed by atoms with van der Waals surface area (Å²) in [5.41, 5.74) is 5.95. The molecule has 0 spiro atoms. The third kappa shape index (κ3) is 3.38. The minimum Gasteiger partial charge on any atom is -0.335 e. The Hall–Kier alpha value is -4.58. The lowest BCUT2D eigenvalue weighted by atomic mass is 10.1. The molecule has 1 amide bonds. The number of fused-ring (bicyclic) bond motifs is 4. The second-order valence-corrected chi connectivity index (χ2v) is 7.91. The quantitative estimate of drug-likeness (QED) is 0.322. The molecule has 0 saturated heterocycles. The van der Waals surface area contributed by atoms with Gasteiger partial charge in [-0.15, -0.1) is 5.10 Å². The van der Waals surface area contributed by atoms with Gasteiger partial charge in [0, 0.05) is 28.4 Å². The second kappa shape index (κ2) is 7.84. The Morgan fingerprint density at radius 1 is 0.879 bits per heavy atom. The molecule has 0 atom stereocenters. The third-order valence-corrected chi connectivity index (χ3v) is 5.86. The van der Waals surface area contributed by atoms with Crippen molar-refractivity contribution in [3.8, 4) is 0 Å². The first-order chi connectivity index (χ1) is 16.3. The number of aromatic nitrogens is 2. The maximum atomic E-state index is 12.2. The SMILES string of the molecule is O=C1Nc2ccccc2C1=NN=Cc1cc2c3ccccc3n(Cc3ccccc3)c2cn1. The smallest absolute Gasteiger partial charge is 0.276 e. The number of benzene rings is 3. The van der Waals surface area contributed by atoms with E-state index in [4.69, 9.17) is 0 Å². The lowest BCUT2D eigenvalue weighted by Crippen LogP contribution is -2.13. The molecule has 3 heterocycles. The molecule has 0 unspecified atom stereocenters. The van der Waals surface area contributed by atoms with Crippen molar-refractivity contribution in [2.24, 2.45) is 10.2 Å². The number of anilines is 1. The van der Waals surface area contributed by atoms with Crippen LogP contribution in [0.1, 0.15) is 16.8 Å². The Kier molecular flexibility index (Phi) is 4.54. The van der Waals surface area contributed by atoms with Crippen LogP contribution < -0.4 is 5.32 Å². The fourth-order valence-corrected chi connectivity index (χ4v) is 4.32. The van der Waals surface area contributed by atoms with Gasteiger partial charge in [-0.3, -0.25) is 9.78 Å². The van der Waals surface area contributed by atoms with E-state index in [1.165, 1.54) is 5.56 Å². The normalized spacial score (nSPS) is 14.4. The summed E-state index contributed by atoms with van der Waals surface area (Å²) in [6.45, 7) is 0.766. The van der Waals surface area contributed by atoms with Crippen LogP contribution in [0.5, 0.6) is 0 Å². The second-order valence-electron chi connectivity index (χ2n) is 7.91. The van der Waals surface area contributed by atoms with Crippen molar-refractivity contribution in [3.05, 3.63) is 108 Å². The van der Waals surface area contributed by atoms with E-state index in [9.17, 15) is 4.79 Å². The van der Waals surface area contributed by atoms with Gasteiger partial charge in [0.15, 0.2) is 5.71 Å². The largest absolute Gasteiger partial charge is 0.335 e. The molecule has 0 bridgehead atoms. The van der Waals surface area contributed by atoms with E-state index in [1.807, 2.05) is 48.7 Å². The lowest BCUT2D eigenvalue weighted by molar-refractivity contribution is -0.110. The minimum atomic E-state index is -0.249. The Morgan fingerprint density at radius 3 is 2.58 bits per heavy atom. The summed E-state index contributed by atoms with van der Waals surface area (Å²) in [4.78, 5) is 16.8. The zero-order valence-corrected chi connectivity index (χ0v) is 17.6. The molecule has 2 aromatic heterocycles. The summed E-state index contributed by atoms with van der Waals surface area (Å²) in [5.74, 6) is -0.249. The molecule has 33 heavy (non-hydrogen) atoms. The van der Waals surface area contributed by atoms with Crippen molar-refractivity contribution in [1.82, 2.24) is 9.55 Å². The highest BCUT2D eigenvalue weighted by Gasteiger charge is 2.25. The molecule has 0 radical (unpaired) electrons. The maximum Gasteiger partial charge on any atom is 0.276 e. The van der Waals surface area contributed by atoms with Gasteiger partial charge in [-0.1, -0.05) is 66.7 Å². The van der Waals surface area contributed by atoms with Gasteiger partial charge < -0.3 is 9.88 Å². The van der Waals surface area contributed by atoms with Gasteiger partial charge in [0.1, 0.15) is 0 Å². The van der Waals surface area contributed by atoms with E-state index in [-0.39, 0.29) is 5.91 Å². The van der Waals surface area contributed by atoms with Gasteiger partial charge in [0.25, 0.3) is 5.91 Å². The highest BCUT2D eigenvalue weighted by Crippen LogP contribution is 2.29. The number of hydrogen-bond donors (Lipinski definition) is 1. The van der Waals surface area contributed by atoms with Crippen LogP contribution in [-0.4, -0.2) is 27.4 Å². The van der Waals surface area contributed by atoms with Crippen molar-refractivity contribution in [3.63, 3.8) is 0 Å².